The van der Waals surface area contributed by atoms with E-state index in [-0.39, 0.29) is 5.91 Å². The summed E-state index contributed by atoms with van der Waals surface area (Å²) in [5, 5.41) is 3.77. The zero-order valence-electron chi connectivity index (χ0n) is 14.9. The predicted molar refractivity (Wildman–Crippen MR) is 109 cm³/mol. The maximum atomic E-state index is 12.0. The number of carbonyl (C=O) groups is 1. The number of benzene rings is 2. The summed E-state index contributed by atoms with van der Waals surface area (Å²) in [5.41, 5.74) is 3.28. The molecular formula is C22H21NO2S. The number of thiophene rings is 1. The minimum Gasteiger partial charge on any atom is -0.489 e. The molecule has 1 aromatic heterocycles. The molecule has 0 aliphatic carbocycles. The Bertz CT molecular complexity index is 876. The van der Waals surface area contributed by atoms with Gasteiger partial charge in [-0.1, -0.05) is 42.5 Å². The second kappa shape index (κ2) is 8.50. The molecule has 3 aromatic rings. The molecule has 0 unspecified atom stereocenters. The summed E-state index contributed by atoms with van der Waals surface area (Å²) in [4.78, 5) is 13.2. The van der Waals surface area contributed by atoms with E-state index >= 15 is 0 Å². The van der Waals surface area contributed by atoms with Crippen molar-refractivity contribution < 1.29 is 9.53 Å². The van der Waals surface area contributed by atoms with Crippen molar-refractivity contribution in [2.45, 2.75) is 20.5 Å². The van der Waals surface area contributed by atoms with E-state index in [1.807, 2.05) is 74.5 Å². The Morgan fingerprint density at radius 1 is 1.08 bits per heavy atom. The first-order valence-electron chi connectivity index (χ1n) is 8.43. The van der Waals surface area contributed by atoms with E-state index in [1.165, 1.54) is 10.4 Å². The lowest BCUT2D eigenvalue weighted by atomic mass is 10.2. The molecule has 132 valence electrons. The van der Waals surface area contributed by atoms with Crippen LogP contribution in [0.25, 0.3) is 6.08 Å². The Balaban J connectivity index is 1.53. The van der Waals surface area contributed by atoms with E-state index in [2.05, 4.69) is 5.32 Å². The molecule has 0 spiro atoms. The molecular weight excluding hydrogens is 342 g/mol. The van der Waals surface area contributed by atoms with Crippen LogP contribution in [0.5, 0.6) is 5.75 Å². The summed E-state index contributed by atoms with van der Waals surface area (Å²) in [7, 11) is 0. The second-order valence-electron chi connectivity index (χ2n) is 6.02. The third-order valence-corrected chi connectivity index (χ3v) is 5.04. The minimum atomic E-state index is -0.129. The summed E-state index contributed by atoms with van der Waals surface area (Å²) >= 11 is 1.59. The largest absolute Gasteiger partial charge is 0.489 e. The maximum absolute atomic E-state index is 12.0. The number of aryl methyl sites for hydroxylation is 2. The van der Waals surface area contributed by atoms with Gasteiger partial charge in [-0.15, -0.1) is 11.3 Å². The number of rotatable bonds is 6. The monoisotopic (exact) mass is 363 g/mol. The average Bonchev–Trinajstić information content (AvgIpc) is 2.97. The number of carbonyl (C=O) groups excluding carboxylic acids is 1. The molecule has 0 atom stereocenters. The quantitative estimate of drug-likeness (QED) is 0.579. The van der Waals surface area contributed by atoms with Gasteiger partial charge in [0.25, 0.3) is 0 Å². The highest BCUT2D eigenvalue weighted by atomic mass is 32.1. The summed E-state index contributed by atoms with van der Waals surface area (Å²) in [6, 6.07) is 19.7. The Labute approximate surface area is 158 Å². The Morgan fingerprint density at radius 3 is 2.46 bits per heavy atom. The summed E-state index contributed by atoms with van der Waals surface area (Å²) in [6.45, 7) is 4.63. The summed E-state index contributed by atoms with van der Waals surface area (Å²) in [6.07, 6.45) is 3.34. The van der Waals surface area contributed by atoms with Gasteiger partial charge in [-0.3, -0.25) is 4.79 Å². The van der Waals surface area contributed by atoms with E-state index in [4.69, 9.17) is 4.74 Å². The topological polar surface area (TPSA) is 38.3 Å². The van der Waals surface area contributed by atoms with E-state index in [9.17, 15) is 4.79 Å². The SMILES string of the molecule is Cc1cc(NC(=O)/C=C/c2ccc(OCc3ccccc3)cc2)sc1C. The normalized spacial score (nSPS) is 10.8. The van der Waals surface area contributed by atoms with Gasteiger partial charge in [-0.25, -0.2) is 0 Å². The van der Waals surface area contributed by atoms with Crippen LogP contribution in [0.4, 0.5) is 5.00 Å². The fourth-order valence-electron chi connectivity index (χ4n) is 2.39. The van der Waals surface area contributed by atoms with Crippen molar-refractivity contribution in [3.63, 3.8) is 0 Å². The van der Waals surface area contributed by atoms with Gasteiger partial charge in [0.2, 0.25) is 5.91 Å². The van der Waals surface area contributed by atoms with Crippen LogP contribution < -0.4 is 10.1 Å². The van der Waals surface area contributed by atoms with Crippen LogP contribution in [-0.2, 0) is 11.4 Å². The molecule has 0 aliphatic rings. The lowest BCUT2D eigenvalue weighted by molar-refractivity contribution is -0.111. The standard InChI is InChI=1S/C22H21NO2S/c1-16-14-22(26-17(16)2)23-21(24)13-10-18-8-11-20(12-9-18)25-15-19-6-4-3-5-7-19/h3-14H,15H2,1-2H3,(H,23,24)/b13-10+. The Kier molecular flexibility index (Phi) is 5.87. The first kappa shape index (κ1) is 18.0. The van der Waals surface area contributed by atoms with Crippen LogP contribution in [0, 0.1) is 13.8 Å². The fourth-order valence-corrected chi connectivity index (χ4v) is 3.32. The second-order valence-corrected chi connectivity index (χ2v) is 7.27. The van der Waals surface area contributed by atoms with Gasteiger partial charge in [0.05, 0.1) is 5.00 Å². The number of ether oxygens (including phenoxy) is 1. The van der Waals surface area contributed by atoms with Gasteiger partial charge in [0.15, 0.2) is 0 Å². The summed E-state index contributed by atoms with van der Waals surface area (Å²) < 4.78 is 5.76. The molecule has 3 nitrogen and oxygen atoms in total. The Hall–Kier alpha value is -2.85. The number of anilines is 1. The number of hydrogen-bond donors (Lipinski definition) is 1. The van der Waals surface area contributed by atoms with Crippen LogP contribution in [0.3, 0.4) is 0 Å². The van der Waals surface area contributed by atoms with E-state index in [0.717, 1.165) is 21.9 Å². The highest BCUT2D eigenvalue weighted by Gasteiger charge is 2.03. The highest BCUT2D eigenvalue weighted by Crippen LogP contribution is 2.25. The molecule has 1 N–H and O–H groups in total. The van der Waals surface area contributed by atoms with Gasteiger partial charge in [-0.2, -0.15) is 0 Å². The molecule has 0 bridgehead atoms. The lowest BCUT2D eigenvalue weighted by Crippen LogP contribution is -2.06. The maximum Gasteiger partial charge on any atom is 0.248 e. The first-order chi connectivity index (χ1) is 12.6. The predicted octanol–water partition coefficient (Wildman–Crippen LogP) is 5.60. The van der Waals surface area contributed by atoms with Gasteiger partial charge < -0.3 is 10.1 Å². The molecule has 0 fully saturated rings. The third-order valence-electron chi connectivity index (χ3n) is 3.97. The van der Waals surface area contributed by atoms with Gasteiger partial charge in [0.1, 0.15) is 12.4 Å². The van der Waals surface area contributed by atoms with Crippen molar-refractivity contribution in [2.24, 2.45) is 0 Å². The first-order valence-corrected chi connectivity index (χ1v) is 9.25. The van der Waals surface area contributed by atoms with E-state index in [1.54, 1.807) is 23.5 Å². The zero-order valence-corrected chi connectivity index (χ0v) is 15.7. The van der Waals surface area contributed by atoms with Crippen molar-refractivity contribution >= 4 is 28.3 Å². The smallest absolute Gasteiger partial charge is 0.248 e. The van der Waals surface area contributed by atoms with Crippen LogP contribution >= 0.6 is 11.3 Å². The minimum absolute atomic E-state index is 0.129. The highest BCUT2D eigenvalue weighted by molar-refractivity contribution is 7.16. The third kappa shape index (κ3) is 5.07. The van der Waals surface area contributed by atoms with Crippen molar-refractivity contribution in [3.05, 3.63) is 88.3 Å². The molecule has 1 amide bonds. The van der Waals surface area contributed by atoms with E-state index in [0.29, 0.717) is 6.61 Å². The fraction of sp³-hybridized carbons (Fsp3) is 0.136. The number of hydrogen-bond acceptors (Lipinski definition) is 3. The molecule has 3 rings (SSSR count). The van der Waals surface area contributed by atoms with Gasteiger partial charge in [0, 0.05) is 11.0 Å². The Morgan fingerprint density at radius 2 is 1.81 bits per heavy atom. The van der Waals surface area contributed by atoms with Crippen molar-refractivity contribution in [3.8, 4) is 5.75 Å². The molecule has 4 heteroatoms. The average molecular weight is 363 g/mol. The lowest BCUT2D eigenvalue weighted by Gasteiger charge is -2.06. The molecule has 0 aliphatic heterocycles. The van der Waals surface area contributed by atoms with Gasteiger partial charge in [-0.05, 0) is 54.8 Å². The zero-order chi connectivity index (χ0) is 18.4. The molecule has 26 heavy (non-hydrogen) atoms. The van der Waals surface area contributed by atoms with Crippen molar-refractivity contribution in [1.29, 1.82) is 0 Å². The molecule has 2 aromatic carbocycles. The van der Waals surface area contributed by atoms with Crippen LogP contribution in [0.2, 0.25) is 0 Å². The molecule has 0 radical (unpaired) electrons. The molecule has 0 saturated carbocycles. The van der Waals surface area contributed by atoms with Crippen molar-refractivity contribution in [2.75, 3.05) is 5.32 Å². The van der Waals surface area contributed by atoms with E-state index < -0.39 is 0 Å². The molecule has 0 saturated heterocycles. The van der Waals surface area contributed by atoms with Crippen molar-refractivity contribution in [1.82, 2.24) is 0 Å². The van der Waals surface area contributed by atoms with Gasteiger partial charge >= 0.3 is 0 Å². The summed E-state index contributed by atoms with van der Waals surface area (Å²) in [5.74, 6) is 0.677. The molecule has 1 heterocycles. The van der Waals surface area contributed by atoms with Crippen LogP contribution in [0.15, 0.2) is 66.7 Å². The number of amides is 1. The van der Waals surface area contributed by atoms with Crippen LogP contribution in [0.1, 0.15) is 21.6 Å². The number of nitrogens with one attached hydrogen (secondary N) is 1. The van der Waals surface area contributed by atoms with Crippen LogP contribution in [-0.4, -0.2) is 5.91 Å².